The molecule has 0 N–H and O–H groups in total. The number of ketones is 1. The van der Waals surface area contributed by atoms with Crippen molar-refractivity contribution in [3.05, 3.63) is 60.2 Å². The van der Waals surface area contributed by atoms with E-state index in [0.29, 0.717) is 5.57 Å². The average molecular weight is 200 g/mol. The van der Waals surface area contributed by atoms with Gasteiger partial charge in [0, 0.05) is 0 Å². The van der Waals surface area contributed by atoms with Gasteiger partial charge in [0.1, 0.15) is 0 Å². The maximum absolute atomic E-state index is 11.4. The van der Waals surface area contributed by atoms with E-state index in [4.69, 9.17) is 0 Å². The van der Waals surface area contributed by atoms with E-state index in [2.05, 4.69) is 18.7 Å². The molecule has 15 heavy (non-hydrogen) atoms. The molecule has 1 aromatic rings. The fourth-order valence-electron chi connectivity index (χ4n) is 1.33. The second kappa shape index (κ2) is 5.97. The Labute approximate surface area is 91.1 Å². The third kappa shape index (κ3) is 3.94. The molecule has 0 saturated carbocycles. The van der Waals surface area contributed by atoms with Crippen molar-refractivity contribution in [1.29, 1.82) is 0 Å². The number of hydrogen-bond acceptors (Lipinski definition) is 1. The van der Waals surface area contributed by atoms with Crippen molar-refractivity contribution in [2.24, 2.45) is 0 Å². The fourth-order valence-corrected chi connectivity index (χ4v) is 1.33. The van der Waals surface area contributed by atoms with Crippen LogP contribution in [0.2, 0.25) is 0 Å². The van der Waals surface area contributed by atoms with Crippen molar-refractivity contribution in [1.82, 2.24) is 0 Å². The van der Waals surface area contributed by atoms with E-state index in [0.717, 1.165) is 12.8 Å². The van der Waals surface area contributed by atoms with Crippen LogP contribution in [-0.4, -0.2) is 5.78 Å². The molecule has 1 heteroatoms. The summed E-state index contributed by atoms with van der Waals surface area (Å²) in [7, 11) is 0. The number of aryl methyl sites for hydroxylation is 1. The first-order chi connectivity index (χ1) is 7.24. The molecule has 1 aromatic carbocycles. The quantitative estimate of drug-likeness (QED) is 0.666. The molecule has 0 saturated heterocycles. The van der Waals surface area contributed by atoms with Crippen LogP contribution in [0.3, 0.4) is 0 Å². The van der Waals surface area contributed by atoms with Gasteiger partial charge in [0.05, 0.1) is 0 Å². The first-order valence-electron chi connectivity index (χ1n) is 5.12. The van der Waals surface area contributed by atoms with Crippen LogP contribution >= 0.6 is 0 Å². The van der Waals surface area contributed by atoms with Crippen molar-refractivity contribution in [3.63, 3.8) is 0 Å². The lowest BCUT2D eigenvalue weighted by molar-refractivity contribution is -0.111. The number of benzene rings is 1. The minimum atomic E-state index is 0.0356. The Morgan fingerprint density at radius 3 is 2.60 bits per heavy atom. The van der Waals surface area contributed by atoms with Crippen LogP contribution in [0.25, 0.3) is 0 Å². The lowest BCUT2D eigenvalue weighted by Gasteiger charge is -2.01. The van der Waals surface area contributed by atoms with Crippen LogP contribution in [0.1, 0.15) is 18.9 Å². The summed E-state index contributed by atoms with van der Waals surface area (Å²) in [6, 6.07) is 10.1. The van der Waals surface area contributed by atoms with Crippen LogP contribution in [0.15, 0.2) is 54.6 Å². The molecule has 0 unspecified atom stereocenters. The van der Waals surface area contributed by atoms with E-state index >= 15 is 0 Å². The summed E-state index contributed by atoms with van der Waals surface area (Å²) in [5.41, 5.74) is 1.92. The third-order valence-electron chi connectivity index (χ3n) is 2.22. The number of hydrogen-bond donors (Lipinski definition) is 0. The summed E-state index contributed by atoms with van der Waals surface area (Å²) in [6.45, 7) is 5.62. The highest BCUT2D eigenvalue weighted by molar-refractivity contribution is 6.03. The van der Waals surface area contributed by atoms with E-state index in [-0.39, 0.29) is 5.78 Å². The molecule has 0 aromatic heterocycles. The lowest BCUT2D eigenvalue weighted by Crippen LogP contribution is -1.98. The van der Waals surface area contributed by atoms with Gasteiger partial charge in [0.2, 0.25) is 0 Å². The molecule has 1 rings (SSSR count). The van der Waals surface area contributed by atoms with Gasteiger partial charge in [-0.15, -0.1) is 0 Å². The highest BCUT2D eigenvalue weighted by Gasteiger charge is 2.02. The maximum Gasteiger partial charge on any atom is 0.180 e. The van der Waals surface area contributed by atoms with Gasteiger partial charge in [-0.2, -0.15) is 0 Å². The van der Waals surface area contributed by atoms with E-state index in [1.54, 1.807) is 12.2 Å². The van der Waals surface area contributed by atoms with Gasteiger partial charge in [0.25, 0.3) is 0 Å². The lowest BCUT2D eigenvalue weighted by atomic mass is 10.0. The molecule has 0 fully saturated rings. The molecule has 0 aliphatic carbocycles. The van der Waals surface area contributed by atoms with Crippen molar-refractivity contribution in [2.75, 3.05) is 0 Å². The van der Waals surface area contributed by atoms with Crippen LogP contribution in [0.4, 0.5) is 0 Å². The van der Waals surface area contributed by atoms with Crippen molar-refractivity contribution in [2.45, 2.75) is 19.8 Å². The van der Waals surface area contributed by atoms with E-state index in [1.807, 2.05) is 25.1 Å². The predicted octanol–water partition coefficient (Wildman–Crippen LogP) is 3.32. The van der Waals surface area contributed by atoms with Gasteiger partial charge >= 0.3 is 0 Å². The SMILES string of the molecule is C=C(CCc1ccccc1)C(=O)/C=C/C. The molecular formula is C14H16O. The smallest absolute Gasteiger partial charge is 0.180 e. The van der Waals surface area contributed by atoms with Gasteiger partial charge in [-0.1, -0.05) is 43.0 Å². The second-order valence-corrected chi connectivity index (χ2v) is 3.45. The molecule has 0 radical (unpaired) electrons. The highest BCUT2D eigenvalue weighted by atomic mass is 16.1. The summed E-state index contributed by atoms with van der Waals surface area (Å²) < 4.78 is 0. The normalized spacial score (nSPS) is 10.5. The van der Waals surface area contributed by atoms with Gasteiger partial charge in [0.15, 0.2) is 5.78 Å². The summed E-state index contributed by atoms with van der Waals surface area (Å²) in [5.74, 6) is 0.0356. The Bertz CT molecular complexity index is 360. The van der Waals surface area contributed by atoms with E-state index in [1.165, 1.54) is 5.56 Å². The first kappa shape index (κ1) is 11.4. The van der Waals surface area contributed by atoms with Crippen LogP contribution in [0, 0.1) is 0 Å². The van der Waals surface area contributed by atoms with Crippen molar-refractivity contribution in [3.8, 4) is 0 Å². The standard InChI is InChI=1S/C14H16O/c1-3-7-14(15)12(2)10-11-13-8-5-4-6-9-13/h3-9H,2,10-11H2,1H3/b7-3+. The largest absolute Gasteiger partial charge is 0.290 e. The zero-order chi connectivity index (χ0) is 11.1. The fraction of sp³-hybridized carbons (Fsp3) is 0.214. The van der Waals surface area contributed by atoms with E-state index in [9.17, 15) is 4.79 Å². The van der Waals surface area contributed by atoms with Crippen LogP contribution in [-0.2, 0) is 11.2 Å². The minimum absolute atomic E-state index is 0.0356. The van der Waals surface area contributed by atoms with Gasteiger partial charge in [-0.05, 0) is 37.0 Å². The number of carbonyl (C=O) groups excluding carboxylic acids is 1. The second-order valence-electron chi connectivity index (χ2n) is 3.45. The molecule has 1 nitrogen and oxygen atoms in total. The Hall–Kier alpha value is -1.63. The Kier molecular flexibility index (Phi) is 4.55. The average Bonchev–Trinajstić information content (AvgIpc) is 2.27. The van der Waals surface area contributed by atoms with Crippen molar-refractivity contribution >= 4 is 5.78 Å². The molecule has 78 valence electrons. The number of carbonyl (C=O) groups is 1. The third-order valence-corrected chi connectivity index (χ3v) is 2.22. The van der Waals surface area contributed by atoms with Gasteiger partial charge in [-0.25, -0.2) is 0 Å². The summed E-state index contributed by atoms with van der Waals surface area (Å²) in [5, 5.41) is 0. The molecule has 0 spiro atoms. The van der Waals surface area contributed by atoms with Gasteiger partial charge < -0.3 is 0 Å². The van der Waals surface area contributed by atoms with Crippen LogP contribution in [0.5, 0.6) is 0 Å². The number of rotatable bonds is 5. The zero-order valence-electron chi connectivity index (χ0n) is 9.07. The molecule has 0 aliphatic rings. The summed E-state index contributed by atoms with van der Waals surface area (Å²) >= 11 is 0. The molecular weight excluding hydrogens is 184 g/mol. The van der Waals surface area contributed by atoms with Gasteiger partial charge in [-0.3, -0.25) is 4.79 Å². The first-order valence-corrected chi connectivity index (χ1v) is 5.12. The Morgan fingerprint density at radius 2 is 2.00 bits per heavy atom. The molecule has 0 aliphatic heterocycles. The zero-order valence-corrected chi connectivity index (χ0v) is 9.07. The van der Waals surface area contributed by atoms with Crippen molar-refractivity contribution < 1.29 is 4.79 Å². The topological polar surface area (TPSA) is 17.1 Å². The van der Waals surface area contributed by atoms with Crippen LogP contribution < -0.4 is 0 Å². The minimum Gasteiger partial charge on any atom is -0.290 e. The molecule has 0 bridgehead atoms. The molecule has 0 amide bonds. The molecule has 0 heterocycles. The predicted molar refractivity (Wildman–Crippen MR) is 63.7 cm³/mol. The molecule has 0 atom stereocenters. The number of allylic oxidation sites excluding steroid dienone is 3. The summed E-state index contributed by atoms with van der Waals surface area (Å²) in [6.07, 6.45) is 4.92. The Balaban J connectivity index is 2.44. The van der Waals surface area contributed by atoms with E-state index < -0.39 is 0 Å². The summed E-state index contributed by atoms with van der Waals surface area (Å²) in [4.78, 5) is 11.4. The monoisotopic (exact) mass is 200 g/mol. The maximum atomic E-state index is 11.4. The Morgan fingerprint density at radius 1 is 1.33 bits per heavy atom. The highest BCUT2D eigenvalue weighted by Crippen LogP contribution is 2.08.